The summed E-state index contributed by atoms with van der Waals surface area (Å²) in [5.74, 6) is 0.322. The first-order valence-electron chi connectivity index (χ1n) is 10.2. The lowest BCUT2D eigenvalue weighted by Crippen LogP contribution is -2.34. The Labute approximate surface area is 180 Å². The molecule has 2 aromatic carbocycles. The van der Waals surface area contributed by atoms with Crippen molar-refractivity contribution < 1.29 is 14.7 Å². The molecule has 3 aromatic rings. The van der Waals surface area contributed by atoms with Gasteiger partial charge in [0.25, 0.3) is 5.56 Å². The first-order chi connectivity index (χ1) is 14.7. The molecule has 7 heteroatoms. The number of hydrogen-bond acceptors (Lipinski definition) is 3. The average Bonchev–Trinajstić information content (AvgIpc) is 2.73. The number of nitrogens with one attached hydrogen (secondary N) is 1. The van der Waals surface area contributed by atoms with Gasteiger partial charge in [0.1, 0.15) is 5.82 Å². The van der Waals surface area contributed by atoms with Gasteiger partial charge in [0.2, 0.25) is 5.91 Å². The molecule has 0 spiro atoms. The van der Waals surface area contributed by atoms with Crippen LogP contribution in [0.15, 0.2) is 53.3 Å². The van der Waals surface area contributed by atoms with E-state index in [0.717, 1.165) is 16.0 Å². The summed E-state index contributed by atoms with van der Waals surface area (Å²) < 4.78 is 1.55. The molecule has 31 heavy (non-hydrogen) atoms. The van der Waals surface area contributed by atoms with E-state index in [9.17, 15) is 19.5 Å². The Hall–Kier alpha value is -3.61. The van der Waals surface area contributed by atoms with Crippen LogP contribution in [-0.2, 0) is 17.9 Å². The summed E-state index contributed by atoms with van der Waals surface area (Å²) in [5.41, 5.74) is 2.07. The minimum Gasteiger partial charge on any atom is -0.465 e. The lowest BCUT2D eigenvalue weighted by atomic mass is 9.96. The summed E-state index contributed by atoms with van der Waals surface area (Å²) >= 11 is 0. The van der Waals surface area contributed by atoms with Crippen molar-refractivity contribution in [3.05, 3.63) is 64.4 Å². The molecular formula is C24H27N3O4. The fourth-order valence-electron chi connectivity index (χ4n) is 3.68. The number of fused-ring (bicyclic) bond motifs is 1. The number of hydrogen-bond donors (Lipinski definition) is 2. The number of benzene rings is 2. The van der Waals surface area contributed by atoms with Gasteiger partial charge in [0, 0.05) is 38.0 Å². The Kier molecular flexibility index (Phi) is 6.44. The van der Waals surface area contributed by atoms with Gasteiger partial charge in [-0.3, -0.25) is 19.1 Å². The molecule has 0 aliphatic carbocycles. The summed E-state index contributed by atoms with van der Waals surface area (Å²) in [6.45, 7) is 6.12. The minimum atomic E-state index is -1.15. The number of carboxylic acid groups (broad SMARTS) is 1. The van der Waals surface area contributed by atoms with E-state index in [1.54, 1.807) is 10.6 Å². The maximum absolute atomic E-state index is 13.4. The van der Waals surface area contributed by atoms with Crippen molar-refractivity contribution in [2.45, 2.75) is 33.9 Å². The molecule has 0 aliphatic rings. The van der Waals surface area contributed by atoms with E-state index in [1.165, 1.54) is 14.0 Å². The van der Waals surface area contributed by atoms with Gasteiger partial charge in [-0.25, -0.2) is 4.79 Å². The second-order valence-corrected chi connectivity index (χ2v) is 8.01. The van der Waals surface area contributed by atoms with E-state index in [0.29, 0.717) is 35.2 Å². The average molecular weight is 421 g/mol. The Bertz CT molecular complexity index is 1180. The van der Waals surface area contributed by atoms with Crippen LogP contribution >= 0.6 is 0 Å². The monoisotopic (exact) mass is 421 g/mol. The van der Waals surface area contributed by atoms with Crippen molar-refractivity contribution >= 4 is 28.6 Å². The molecule has 0 radical (unpaired) electrons. The summed E-state index contributed by atoms with van der Waals surface area (Å²) in [5, 5.41) is 13.7. The summed E-state index contributed by atoms with van der Waals surface area (Å²) in [7, 11) is 1.45. The van der Waals surface area contributed by atoms with E-state index in [2.05, 4.69) is 5.32 Å². The number of aromatic nitrogens is 1. The fourth-order valence-corrected chi connectivity index (χ4v) is 3.68. The number of carbonyl (C=O) groups excluding carboxylic acids is 1. The normalized spacial score (nSPS) is 11.0. The molecule has 0 bridgehead atoms. The summed E-state index contributed by atoms with van der Waals surface area (Å²) in [4.78, 5) is 37.9. The van der Waals surface area contributed by atoms with Gasteiger partial charge in [-0.15, -0.1) is 0 Å². The van der Waals surface area contributed by atoms with Crippen molar-refractivity contribution in [2.24, 2.45) is 5.92 Å². The van der Waals surface area contributed by atoms with Crippen LogP contribution < -0.4 is 15.8 Å². The van der Waals surface area contributed by atoms with Crippen molar-refractivity contribution in [1.82, 2.24) is 9.88 Å². The minimum absolute atomic E-state index is 0.138. The smallest absolute Gasteiger partial charge is 0.412 e. The molecule has 0 atom stereocenters. The molecule has 1 aromatic heterocycles. The Balaban J connectivity index is 2.44. The highest BCUT2D eigenvalue weighted by molar-refractivity contribution is 6.04. The van der Waals surface area contributed by atoms with Crippen molar-refractivity contribution in [3.8, 4) is 11.1 Å². The first-order valence-corrected chi connectivity index (χ1v) is 10.2. The van der Waals surface area contributed by atoms with Gasteiger partial charge in [0.15, 0.2) is 0 Å². The van der Waals surface area contributed by atoms with Crippen LogP contribution in [0.3, 0.4) is 0 Å². The highest BCUT2D eigenvalue weighted by atomic mass is 16.4. The number of nitrogens with zero attached hydrogens (tertiary/aromatic N) is 2. The molecule has 7 nitrogen and oxygen atoms in total. The van der Waals surface area contributed by atoms with Crippen LogP contribution in [-0.4, -0.2) is 28.7 Å². The largest absolute Gasteiger partial charge is 0.465 e. The van der Waals surface area contributed by atoms with Gasteiger partial charge in [-0.1, -0.05) is 50.2 Å². The fraction of sp³-hybridized carbons (Fsp3) is 0.292. The molecule has 2 amide bonds. The van der Waals surface area contributed by atoms with Crippen molar-refractivity contribution in [3.63, 3.8) is 0 Å². The second-order valence-electron chi connectivity index (χ2n) is 8.01. The van der Waals surface area contributed by atoms with E-state index in [4.69, 9.17) is 0 Å². The predicted octanol–water partition coefficient (Wildman–Crippen LogP) is 4.07. The number of carbonyl (C=O) groups is 2. The highest BCUT2D eigenvalue weighted by Crippen LogP contribution is 2.36. The number of pyridine rings is 1. The van der Waals surface area contributed by atoms with Crippen molar-refractivity contribution in [2.75, 3.05) is 11.9 Å². The summed E-state index contributed by atoms with van der Waals surface area (Å²) in [6, 6.07) is 14.9. The van der Waals surface area contributed by atoms with E-state index >= 15 is 0 Å². The third kappa shape index (κ3) is 4.60. The van der Waals surface area contributed by atoms with Crippen LogP contribution in [0.4, 0.5) is 10.6 Å². The van der Waals surface area contributed by atoms with E-state index in [-0.39, 0.29) is 17.4 Å². The molecule has 2 N–H and O–H groups in total. The first kappa shape index (κ1) is 22.1. The Morgan fingerprint density at radius 1 is 1.10 bits per heavy atom. The quantitative estimate of drug-likeness (QED) is 0.627. The van der Waals surface area contributed by atoms with E-state index < -0.39 is 6.09 Å². The zero-order chi connectivity index (χ0) is 22.7. The lowest BCUT2D eigenvalue weighted by Gasteiger charge is -2.26. The SMILES string of the molecule is CC(=O)NCc1ccc2c(=O)n(CC(C)C)c(N(C)C(=O)O)c(-c3ccccc3)c2c1. The van der Waals surface area contributed by atoms with Crippen molar-refractivity contribution in [1.29, 1.82) is 0 Å². The van der Waals surface area contributed by atoms with Crippen LogP contribution in [0.25, 0.3) is 21.9 Å². The third-order valence-corrected chi connectivity index (χ3v) is 5.06. The molecule has 3 rings (SSSR count). The maximum Gasteiger partial charge on any atom is 0.412 e. The zero-order valence-corrected chi connectivity index (χ0v) is 18.2. The van der Waals surface area contributed by atoms with Gasteiger partial charge in [-0.05, 0) is 34.6 Å². The molecule has 0 fully saturated rings. The molecule has 0 unspecified atom stereocenters. The molecule has 0 saturated heterocycles. The topological polar surface area (TPSA) is 91.6 Å². The van der Waals surface area contributed by atoms with Crippen LogP contribution in [0.5, 0.6) is 0 Å². The predicted molar refractivity (Wildman–Crippen MR) is 122 cm³/mol. The standard InChI is InChI=1S/C24H27N3O4/c1-15(2)14-27-22(26(4)24(30)31)21(18-8-6-5-7-9-18)20-12-17(13-25-16(3)28)10-11-19(20)23(27)29/h5-12,15H,13-14H2,1-4H3,(H,25,28)(H,30,31). The summed E-state index contributed by atoms with van der Waals surface area (Å²) in [6.07, 6.45) is -1.15. The number of anilines is 1. The lowest BCUT2D eigenvalue weighted by molar-refractivity contribution is -0.119. The van der Waals surface area contributed by atoms with Gasteiger partial charge < -0.3 is 10.4 Å². The number of amides is 2. The second kappa shape index (κ2) is 9.04. The molecule has 1 heterocycles. The Morgan fingerprint density at radius 2 is 1.77 bits per heavy atom. The molecule has 162 valence electrons. The third-order valence-electron chi connectivity index (χ3n) is 5.06. The maximum atomic E-state index is 13.4. The van der Waals surface area contributed by atoms with Gasteiger partial charge in [0.05, 0.1) is 0 Å². The van der Waals surface area contributed by atoms with Crippen LogP contribution in [0.1, 0.15) is 26.3 Å². The Morgan fingerprint density at radius 3 is 2.35 bits per heavy atom. The molecular weight excluding hydrogens is 394 g/mol. The zero-order valence-electron chi connectivity index (χ0n) is 18.2. The van der Waals surface area contributed by atoms with Gasteiger partial charge >= 0.3 is 6.09 Å². The molecule has 0 aliphatic heterocycles. The van der Waals surface area contributed by atoms with Crippen LogP contribution in [0, 0.1) is 5.92 Å². The highest BCUT2D eigenvalue weighted by Gasteiger charge is 2.24. The number of rotatable bonds is 6. The van der Waals surface area contributed by atoms with Crippen LogP contribution in [0.2, 0.25) is 0 Å². The van der Waals surface area contributed by atoms with E-state index in [1.807, 2.05) is 56.3 Å². The van der Waals surface area contributed by atoms with Gasteiger partial charge in [-0.2, -0.15) is 0 Å². The molecule has 0 saturated carbocycles.